The molecule has 0 bridgehead atoms. The second kappa shape index (κ2) is 17.5. The van der Waals surface area contributed by atoms with Crippen molar-refractivity contribution in [3.8, 4) is 23.0 Å². The first kappa shape index (κ1) is 36.1. The van der Waals surface area contributed by atoms with Gasteiger partial charge in [0.25, 0.3) is 11.8 Å². The number of carbonyl (C=O) groups is 3. The third kappa shape index (κ3) is 9.28. The van der Waals surface area contributed by atoms with E-state index in [2.05, 4.69) is 16.0 Å². The molecule has 0 saturated heterocycles. The Balaban J connectivity index is 1.43. The highest BCUT2D eigenvalue weighted by atomic mass is 32.2. The Hall–Kier alpha value is -6.20. The Labute approximate surface area is 300 Å². The van der Waals surface area contributed by atoms with Gasteiger partial charge in [-0.25, -0.2) is 0 Å². The molecule has 51 heavy (non-hydrogen) atoms. The van der Waals surface area contributed by atoms with Crippen LogP contribution in [0.25, 0.3) is 6.08 Å². The summed E-state index contributed by atoms with van der Waals surface area (Å²) in [5.41, 5.74) is 2.65. The largest absolute Gasteiger partial charge is 0.495 e. The predicted molar refractivity (Wildman–Crippen MR) is 200 cm³/mol. The van der Waals surface area contributed by atoms with Crippen molar-refractivity contribution in [2.24, 2.45) is 0 Å². The standard InChI is InChI=1S/C40H37N3O7S/c1-47-33-21-12-11-20-31(33)42-40(46)37(27-14-7-5-8-15-27)51-30-19-13-18-29(25-30)41-39(45)32(43-38(44)28-16-9-6-10-17-28)22-26-23-34(48-2)36(50-4)35(24-26)49-3/h5-25,37H,1-4H3,(H,41,45)(H,42,46)(H,43,44)/b32-22+. The van der Waals surface area contributed by atoms with Gasteiger partial charge in [-0.3, -0.25) is 14.4 Å². The summed E-state index contributed by atoms with van der Waals surface area (Å²) >= 11 is 1.33. The highest BCUT2D eigenvalue weighted by Crippen LogP contribution is 2.40. The van der Waals surface area contributed by atoms with Crippen LogP contribution in [0, 0.1) is 0 Å². The van der Waals surface area contributed by atoms with Crippen molar-refractivity contribution in [3.05, 3.63) is 144 Å². The van der Waals surface area contributed by atoms with Crippen molar-refractivity contribution < 1.29 is 33.3 Å². The van der Waals surface area contributed by atoms with E-state index in [1.54, 1.807) is 79.9 Å². The van der Waals surface area contributed by atoms with Crippen LogP contribution >= 0.6 is 11.8 Å². The van der Waals surface area contributed by atoms with Gasteiger partial charge in [0.2, 0.25) is 11.7 Å². The van der Waals surface area contributed by atoms with Crippen molar-refractivity contribution in [3.63, 3.8) is 0 Å². The van der Waals surface area contributed by atoms with Gasteiger partial charge >= 0.3 is 0 Å². The van der Waals surface area contributed by atoms with Gasteiger partial charge < -0.3 is 34.9 Å². The molecule has 11 heteroatoms. The summed E-state index contributed by atoms with van der Waals surface area (Å²) in [5.74, 6) is 0.390. The number of para-hydroxylation sites is 2. The maximum Gasteiger partial charge on any atom is 0.272 e. The minimum atomic E-state index is -0.636. The smallest absolute Gasteiger partial charge is 0.272 e. The Morgan fingerprint density at radius 3 is 1.92 bits per heavy atom. The number of rotatable bonds is 14. The number of hydrogen-bond donors (Lipinski definition) is 3. The van der Waals surface area contributed by atoms with E-state index in [1.807, 2.05) is 48.5 Å². The van der Waals surface area contributed by atoms with Crippen LogP contribution in [0.15, 0.2) is 132 Å². The number of carbonyl (C=O) groups excluding carboxylic acids is 3. The summed E-state index contributed by atoms with van der Waals surface area (Å²) in [4.78, 5) is 41.6. The Kier molecular flexibility index (Phi) is 12.4. The first-order valence-electron chi connectivity index (χ1n) is 15.8. The van der Waals surface area contributed by atoms with E-state index in [0.29, 0.717) is 45.5 Å². The molecule has 0 aliphatic carbocycles. The Morgan fingerprint density at radius 1 is 0.647 bits per heavy atom. The molecule has 3 N–H and O–H groups in total. The Bertz CT molecular complexity index is 1990. The van der Waals surface area contributed by atoms with E-state index in [4.69, 9.17) is 18.9 Å². The molecule has 5 aromatic rings. The summed E-state index contributed by atoms with van der Waals surface area (Å²) in [6.07, 6.45) is 1.52. The minimum Gasteiger partial charge on any atom is -0.495 e. The molecule has 0 aliphatic rings. The van der Waals surface area contributed by atoms with E-state index in [9.17, 15) is 14.4 Å². The lowest BCUT2D eigenvalue weighted by molar-refractivity contribution is -0.116. The number of anilines is 2. The van der Waals surface area contributed by atoms with Crippen LogP contribution in [0.3, 0.4) is 0 Å². The van der Waals surface area contributed by atoms with E-state index in [1.165, 1.54) is 39.2 Å². The quantitative estimate of drug-likeness (QED) is 0.0798. The van der Waals surface area contributed by atoms with Gasteiger partial charge in [-0.15, -0.1) is 11.8 Å². The number of thioether (sulfide) groups is 1. The summed E-state index contributed by atoms with van der Waals surface area (Å²) in [6, 6.07) is 35.7. The number of ether oxygens (including phenoxy) is 4. The van der Waals surface area contributed by atoms with E-state index >= 15 is 0 Å². The van der Waals surface area contributed by atoms with Gasteiger partial charge in [-0.05, 0) is 71.8 Å². The summed E-state index contributed by atoms with van der Waals surface area (Å²) in [5, 5.41) is 8.00. The van der Waals surface area contributed by atoms with Gasteiger partial charge in [-0.2, -0.15) is 0 Å². The molecular formula is C40H37N3O7S. The maximum absolute atomic E-state index is 13.9. The molecule has 1 atom stereocenters. The lowest BCUT2D eigenvalue weighted by atomic mass is 10.1. The normalized spacial score (nSPS) is 11.5. The Morgan fingerprint density at radius 2 is 1.27 bits per heavy atom. The van der Waals surface area contributed by atoms with Gasteiger partial charge in [0.15, 0.2) is 11.5 Å². The second-order valence-electron chi connectivity index (χ2n) is 10.9. The maximum atomic E-state index is 13.9. The fourth-order valence-corrected chi connectivity index (χ4v) is 6.21. The van der Waals surface area contributed by atoms with Crippen molar-refractivity contribution in [1.29, 1.82) is 0 Å². The number of hydrogen-bond acceptors (Lipinski definition) is 8. The number of nitrogens with one attached hydrogen (secondary N) is 3. The second-order valence-corrected chi connectivity index (χ2v) is 12.1. The SMILES string of the molecule is COc1ccccc1NC(=O)C(Sc1cccc(NC(=O)/C(=C\c2cc(OC)c(OC)c(OC)c2)NC(=O)c2ccccc2)c1)c1ccccc1. The van der Waals surface area contributed by atoms with Gasteiger partial charge in [-0.1, -0.05) is 66.7 Å². The lowest BCUT2D eigenvalue weighted by Crippen LogP contribution is -2.30. The molecular weight excluding hydrogens is 667 g/mol. The van der Waals surface area contributed by atoms with Gasteiger partial charge in [0.05, 0.1) is 34.1 Å². The van der Waals surface area contributed by atoms with Gasteiger partial charge in [0, 0.05) is 16.1 Å². The molecule has 0 heterocycles. The van der Waals surface area contributed by atoms with E-state index in [0.717, 1.165) is 10.5 Å². The van der Waals surface area contributed by atoms with E-state index < -0.39 is 17.1 Å². The molecule has 0 aromatic heterocycles. The fraction of sp³-hybridized carbons (Fsp3) is 0.125. The van der Waals surface area contributed by atoms with Crippen molar-refractivity contribution in [2.75, 3.05) is 39.1 Å². The average Bonchev–Trinajstić information content (AvgIpc) is 3.17. The van der Waals surface area contributed by atoms with Crippen molar-refractivity contribution in [1.82, 2.24) is 5.32 Å². The molecule has 0 spiro atoms. The molecule has 5 aromatic carbocycles. The topological polar surface area (TPSA) is 124 Å². The van der Waals surface area contributed by atoms with E-state index in [-0.39, 0.29) is 11.6 Å². The third-order valence-electron chi connectivity index (χ3n) is 7.58. The third-order valence-corrected chi connectivity index (χ3v) is 8.83. The van der Waals surface area contributed by atoms with Gasteiger partial charge in [0.1, 0.15) is 16.7 Å². The van der Waals surface area contributed by atoms with Crippen LogP contribution in [0.5, 0.6) is 23.0 Å². The summed E-state index contributed by atoms with van der Waals surface area (Å²) in [6.45, 7) is 0. The molecule has 0 saturated carbocycles. The monoisotopic (exact) mass is 703 g/mol. The molecule has 10 nitrogen and oxygen atoms in total. The van der Waals surface area contributed by atoms with Crippen LogP contribution in [-0.4, -0.2) is 46.2 Å². The zero-order chi connectivity index (χ0) is 36.2. The first-order valence-corrected chi connectivity index (χ1v) is 16.7. The van der Waals surface area contributed by atoms with Crippen molar-refractivity contribution in [2.45, 2.75) is 10.1 Å². The molecule has 1 unspecified atom stereocenters. The van der Waals surface area contributed by atoms with Crippen molar-refractivity contribution >= 4 is 46.9 Å². The molecule has 260 valence electrons. The fourth-order valence-electron chi connectivity index (χ4n) is 5.12. The predicted octanol–water partition coefficient (Wildman–Crippen LogP) is 7.60. The molecule has 0 fully saturated rings. The lowest BCUT2D eigenvalue weighted by Gasteiger charge is -2.19. The summed E-state index contributed by atoms with van der Waals surface area (Å²) in [7, 11) is 6.03. The van der Waals surface area contributed by atoms with Crippen LogP contribution in [0.4, 0.5) is 11.4 Å². The first-order chi connectivity index (χ1) is 24.8. The zero-order valence-corrected chi connectivity index (χ0v) is 29.3. The minimum absolute atomic E-state index is 0.0328. The summed E-state index contributed by atoms with van der Waals surface area (Å²) < 4.78 is 21.8. The molecule has 0 radical (unpaired) electrons. The van der Waals surface area contributed by atoms with Crippen LogP contribution in [0.2, 0.25) is 0 Å². The van der Waals surface area contributed by atoms with Crippen LogP contribution in [0.1, 0.15) is 26.7 Å². The number of methoxy groups -OCH3 is 4. The average molecular weight is 704 g/mol. The molecule has 5 rings (SSSR count). The zero-order valence-electron chi connectivity index (χ0n) is 28.5. The number of amides is 3. The highest BCUT2D eigenvalue weighted by Gasteiger charge is 2.24. The van der Waals surface area contributed by atoms with Crippen LogP contribution in [-0.2, 0) is 9.59 Å². The van der Waals surface area contributed by atoms with Crippen LogP contribution < -0.4 is 34.9 Å². The molecule has 0 aliphatic heterocycles. The highest BCUT2D eigenvalue weighted by molar-refractivity contribution is 8.00. The number of benzene rings is 5. The molecule has 3 amide bonds.